The van der Waals surface area contributed by atoms with Crippen molar-refractivity contribution in [1.29, 1.82) is 0 Å². The maximum Gasteiger partial charge on any atom is 0.329 e. The zero-order chi connectivity index (χ0) is 58.5. The summed E-state index contributed by atoms with van der Waals surface area (Å²) in [5, 5.41) is 8.90. The highest BCUT2D eigenvalue weighted by molar-refractivity contribution is 5.99. The van der Waals surface area contributed by atoms with E-state index in [1.165, 1.54) is 52.7 Å². The van der Waals surface area contributed by atoms with Crippen LogP contribution in [-0.4, -0.2) is 167 Å². The summed E-state index contributed by atoms with van der Waals surface area (Å²) in [5.74, 6) is -8.18. The van der Waals surface area contributed by atoms with E-state index in [0.717, 1.165) is 5.56 Å². The second-order valence-electron chi connectivity index (χ2n) is 23.3. The highest BCUT2D eigenvalue weighted by Crippen LogP contribution is 2.27. The van der Waals surface area contributed by atoms with Gasteiger partial charge in [-0.3, -0.25) is 38.4 Å². The Balaban J connectivity index is 1.96. The number of nitrogens with one attached hydrogen (secondary N) is 3. The summed E-state index contributed by atoms with van der Waals surface area (Å²) < 4.78 is 6.19. The van der Waals surface area contributed by atoms with Crippen LogP contribution in [0, 0.1) is 35.5 Å². The van der Waals surface area contributed by atoms with Crippen molar-refractivity contribution < 1.29 is 47.9 Å². The monoisotopic (exact) mass is 1080 g/mol. The van der Waals surface area contributed by atoms with Gasteiger partial charge in [-0.1, -0.05) is 150 Å². The van der Waals surface area contributed by atoms with Crippen molar-refractivity contribution in [2.75, 3.05) is 34.7 Å². The van der Waals surface area contributed by atoms with Crippen LogP contribution in [0.1, 0.15) is 126 Å². The molecule has 2 fully saturated rings. The minimum absolute atomic E-state index is 0.0193. The fourth-order valence-corrected chi connectivity index (χ4v) is 10.9. The summed E-state index contributed by atoms with van der Waals surface area (Å²) >= 11 is 0. The minimum atomic E-state index is -1.40. The molecule has 2 aliphatic heterocycles. The van der Waals surface area contributed by atoms with Gasteiger partial charge in [0.1, 0.15) is 48.3 Å². The lowest BCUT2D eigenvalue weighted by atomic mass is 9.94. The molecule has 0 spiro atoms. The molecule has 3 unspecified atom stereocenters. The first-order valence-electron chi connectivity index (χ1n) is 28.2. The Hall–Kier alpha value is -6.33. The molecule has 0 aliphatic carbocycles. The number of carbonyl (C=O) groups excluding carboxylic acids is 9. The third kappa shape index (κ3) is 15.9. The summed E-state index contributed by atoms with van der Waals surface area (Å²) in [7, 11) is 5.92. The standard InChI is InChI=1S/C60H92N8O10/c1-17-39(11)47-58(75)65(14)48(36(5)6)53(70)61-43(32-35(3)4)56(73)67(16)50(38(9)10)60(77)78-51(40(12)18-2)59(76)66(15)49(37(7)8)54(71)62-44(33-41-26-21-19-22-27-41)55(72)64(13)46(34-42-28-23-20-24-29-42)57(74)68-31-25-30-45(68)52(69)63-47/h19-24,26-29,35-40,43-51H,17-18,25,30-34H2,1-16H3,(H,61,70)(H,62,71)(H,63,69)/t39-,40?,43+,44?,45-,46-,47?,48+,49+,50+,51-/m0/s1. The zero-order valence-electron chi connectivity index (χ0n) is 49.4. The maximum atomic E-state index is 15.3. The van der Waals surface area contributed by atoms with Crippen LogP contribution in [0.3, 0.4) is 0 Å². The number of esters is 1. The van der Waals surface area contributed by atoms with Crippen LogP contribution in [0.2, 0.25) is 0 Å². The Morgan fingerprint density at radius 1 is 0.513 bits per heavy atom. The highest BCUT2D eigenvalue weighted by Gasteiger charge is 2.46. The first-order chi connectivity index (χ1) is 36.7. The second-order valence-corrected chi connectivity index (χ2v) is 23.3. The number of benzene rings is 2. The Labute approximate surface area is 464 Å². The number of likely N-dealkylation sites (N-methyl/N-ethyl adjacent to an activating group) is 4. The van der Waals surface area contributed by atoms with Crippen LogP contribution in [0.5, 0.6) is 0 Å². The molecular weight excluding hydrogens is 993 g/mol. The summed E-state index contributed by atoms with van der Waals surface area (Å²) in [5.41, 5.74) is 1.46. The van der Waals surface area contributed by atoms with Crippen LogP contribution in [0.25, 0.3) is 0 Å². The lowest BCUT2D eigenvalue weighted by Gasteiger charge is -2.38. The first kappa shape index (κ1) is 64.2. The van der Waals surface area contributed by atoms with Crippen LogP contribution in [-0.2, 0) is 60.7 Å². The molecule has 3 N–H and O–H groups in total. The fraction of sp³-hybridized carbons (Fsp3) is 0.650. The van der Waals surface area contributed by atoms with Crippen LogP contribution >= 0.6 is 0 Å². The van der Waals surface area contributed by atoms with Gasteiger partial charge in [0.15, 0.2) is 6.10 Å². The number of ether oxygens (including phenoxy) is 1. The van der Waals surface area contributed by atoms with Gasteiger partial charge < -0.3 is 45.2 Å². The van der Waals surface area contributed by atoms with E-state index < -0.39 is 137 Å². The quantitative estimate of drug-likeness (QED) is 0.222. The molecule has 2 aromatic carbocycles. The lowest BCUT2D eigenvalue weighted by Crippen LogP contribution is -2.62. The van der Waals surface area contributed by atoms with E-state index in [9.17, 15) is 33.6 Å². The molecule has 18 heteroatoms. The normalized spacial score (nSPS) is 26.5. The molecule has 432 valence electrons. The van der Waals surface area contributed by atoms with Crippen molar-refractivity contribution in [3.8, 4) is 0 Å². The highest BCUT2D eigenvalue weighted by atomic mass is 16.6. The van der Waals surface area contributed by atoms with Gasteiger partial charge in [0, 0.05) is 53.5 Å². The zero-order valence-corrected chi connectivity index (χ0v) is 49.4. The summed E-state index contributed by atoms with van der Waals surface area (Å²) in [6.07, 6.45) is 0.484. The van der Waals surface area contributed by atoms with E-state index in [-0.39, 0.29) is 38.1 Å². The van der Waals surface area contributed by atoms with E-state index >= 15 is 9.59 Å². The molecule has 2 heterocycles. The fourth-order valence-electron chi connectivity index (χ4n) is 10.9. The molecule has 0 radical (unpaired) electrons. The number of rotatable bonds is 13. The molecule has 8 amide bonds. The summed E-state index contributed by atoms with van der Waals surface area (Å²) in [6.45, 7) is 21.9. The number of hydrogen-bond acceptors (Lipinski definition) is 10. The van der Waals surface area contributed by atoms with Crippen LogP contribution < -0.4 is 16.0 Å². The van der Waals surface area contributed by atoms with E-state index in [4.69, 9.17) is 4.74 Å². The predicted molar refractivity (Wildman–Crippen MR) is 300 cm³/mol. The summed E-state index contributed by atoms with van der Waals surface area (Å²) in [6, 6.07) is 9.08. The SMILES string of the molecule is CCC(C)[C@@H]1OC(=O)[C@@H](C(C)C)N(C)C(=O)[C@@H](CC(C)C)NC(=O)[C@@H](C(C)C)N(C)C(=O)C([C@@H](C)CC)NC(=O)[C@@H]2CCCN2C(=O)[C@H](Cc2ccccc2)N(C)C(=O)C(Cc2ccccc2)NC(=O)[C@@H](C(C)C)N(C)C1=O. The van der Waals surface area contributed by atoms with Gasteiger partial charge in [0.05, 0.1) is 0 Å². The molecule has 78 heavy (non-hydrogen) atoms. The molecule has 18 nitrogen and oxygen atoms in total. The average Bonchev–Trinajstić information content (AvgIpc) is 3.92. The van der Waals surface area contributed by atoms with E-state index in [1.807, 2.05) is 95.3 Å². The topological polar surface area (TPSA) is 215 Å². The predicted octanol–water partition coefficient (Wildman–Crippen LogP) is 5.26. The molecular formula is C60H92N8O10. The number of hydrogen-bond donors (Lipinski definition) is 3. The van der Waals surface area contributed by atoms with Crippen molar-refractivity contribution >= 4 is 53.2 Å². The van der Waals surface area contributed by atoms with Crippen molar-refractivity contribution in [2.45, 2.75) is 182 Å². The van der Waals surface area contributed by atoms with Crippen LogP contribution in [0.4, 0.5) is 0 Å². The van der Waals surface area contributed by atoms with Crippen molar-refractivity contribution in [2.24, 2.45) is 35.5 Å². The Morgan fingerprint density at radius 2 is 0.974 bits per heavy atom. The molecule has 4 rings (SSSR count). The van der Waals surface area contributed by atoms with Gasteiger partial charge in [-0.15, -0.1) is 0 Å². The molecule has 2 saturated heterocycles. The maximum absolute atomic E-state index is 15.3. The minimum Gasteiger partial charge on any atom is -0.450 e. The molecule has 0 saturated carbocycles. The number of nitrogens with zero attached hydrogens (tertiary/aromatic N) is 5. The molecule has 2 aromatic rings. The number of cyclic esters (lactones) is 1. The van der Waals surface area contributed by atoms with E-state index in [1.54, 1.807) is 48.5 Å². The van der Waals surface area contributed by atoms with Gasteiger partial charge in [0.25, 0.3) is 5.91 Å². The van der Waals surface area contributed by atoms with E-state index in [2.05, 4.69) is 16.0 Å². The third-order valence-corrected chi connectivity index (χ3v) is 15.8. The number of amides is 8. The van der Waals surface area contributed by atoms with Crippen LogP contribution in [0.15, 0.2) is 60.7 Å². The van der Waals surface area contributed by atoms with Gasteiger partial charge in [-0.05, 0) is 66.4 Å². The number of carbonyl (C=O) groups is 9. The Kier molecular flexibility index (Phi) is 23.9. The average molecular weight is 1090 g/mol. The molecule has 0 aromatic heterocycles. The van der Waals surface area contributed by atoms with Crippen molar-refractivity contribution in [3.63, 3.8) is 0 Å². The second kappa shape index (κ2) is 29.0. The lowest BCUT2D eigenvalue weighted by molar-refractivity contribution is -0.172. The van der Waals surface area contributed by atoms with Gasteiger partial charge in [-0.2, -0.15) is 0 Å². The van der Waals surface area contributed by atoms with E-state index in [0.29, 0.717) is 24.8 Å². The number of fused-ring (bicyclic) bond motifs is 1. The van der Waals surface area contributed by atoms with Crippen molar-refractivity contribution in [3.05, 3.63) is 71.8 Å². The Bertz CT molecular complexity index is 2380. The molecule has 2 aliphatic rings. The third-order valence-electron chi connectivity index (χ3n) is 15.8. The van der Waals surface area contributed by atoms with Gasteiger partial charge in [0.2, 0.25) is 41.4 Å². The Morgan fingerprint density at radius 3 is 1.46 bits per heavy atom. The van der Waals surface area contributed by atoms with Crippen molar-refractivity contribution in [1.82, 2.24) is 40.4 Å². The summed E-state index contributed by atoms with van der Waals surface area (Å²) in [4.78, 5) is 141. The molecule has 0 bridgehead atoms. The largest absolute Gasteiger partial charge is 0.450 e. The molecule has 11 atom stereocenters. The first-order valence-corrected chi connectivity index (χ1v) is 28.2. The van der Waals surface area contributed by atoms with Gasteiger partial charge in [-0.25, -0.2) is 4.79 Å². The van der Waals surface area contributed by atoms with Gasteiger partial charge >= 0.3 is 5.97 Å². The smallest absolute Gasteiger partial charge is 0.329 e.